The summed E-state index contributed by atoms with van der Waals surface area (Å²) in [4.78, 5) is 2.19. The van der Waals surface area contributed by atoms with Crippen molar-refractivity contribution < 1.29 is 9.47 Å². The lowest BCUT2D eigenvalue weighted by molar-refractivity contribution is 0.284. The molecule has 0 aliphatic rings. The maximum atomic E-state index is 6.02. The molecule has 142 valence electrons. The molecule has 26 heavy (non-hydrogen) atoms. The molecule has 0 aliphatic heterocycles. The second-order valence-electron chi connectivity index (χ2n) is 6.35. The molecule has 0 heterocycles. The van der Waals surface area contributed by atoms with Crippen LogP contribution in [0.4, 0.5) is 0 Å². The predicted molar refractivity (Wildman–Crippen MR) is 111 cm³/mol. The third-order valence-corrected chi connectivity index (χ3v) is 4.86. The molecule has 0 radical (unpaired) electrons. The molecule has 0 bridgehead atoms. The van der Waals surface area contributed by atoms with E-state index < -0.39 is 0 Å². The van der Waals surface area contributed by atoms with E-state index >= 15 is 0 Å². The predicted octanol–water partition coefficient (Wildman–Crippen LogP) is 4.73. The molecule has 0 aliphatic carbocycles. The van der Waals surface area contributed by atoms with Crippen molar-refractivity contribution in [3.63, 3.8) is 0 Å². The largest absolute Gasteiger partial charge is 0.493 e. The molecule has 6 heteroatoms. The summed E-state index contributed by atoms with van der Waals surface area (Å²) in [6.45, 7) is 3.26. The molecular weight excluding hydrogens is 416 g/mol. The second-order valence-corrected chi connectivity index (χ2v) is 7.64. The van der Waals surface area contributed by atoms with E-state index in [-0.39, 0.29) is 0 Å². The van der Waals surface area contributed by atoms with E-state index in [1.807, 2.05) is 36.4 Å². The molecule has 0 amide bonds. The number of ether oxygens (including phenoxy) is 2. The van der Waals surface area contributed by atoms with Gasteiger partial charge in [-0.2, -0.15) is 0 Å². The Labute approximate surface area is 169 Å². The first-order valence-electron chi connectivity index (χ1n) is 8.58. The van der Waals surface area contributed by atoms with Gasteiger partial charge in [0.05, 0.1) is 7.11 Å². The second kappa shape index (κ2) is 10.8. The van der Waals surface area contributed by atoms with Crippen molar-refractivity contribution in [1.29, 1.82) is 0 Å². The molecule has 1 N–H and O–H groups in total. The third kappa shape index (κ3) is 6.80. The van der Waals surface area contributed by atoms with Crippen LogP contribution in [0, 0.1) is 0 Å². The normalized spacial score (nSPS) is 11.0. The molecule has 0 fully saturated rings. The van der Waals surface area contributed by atoms with Gasteiger partial charge in [0.1, 0.15) is 6.61 Å². The Bertz CT molecular complexity index is 710. The van der Waals surface area contributed by atoms with E-state index in [1.165, 1.54) is 0 Å². The van der Waals surface area contributed by atoms with Crippen LogP contribution >= 0.6 is 27.5 Å². The number of hydrogen-bond acceptors (Lipinski definition) is 4. The van der Waals surface area contributed by atoms with E-state index in [4.69, 9.17) is 21.1 Å². The number of hydrogen-bond donors (Lipinski definition) is 1. The molecule has 2 aromatic rings. The van der Waals surface area contributed by atoms with Crippen molar-refractivity contribution >= 4 is 27.5 Å². The van der Waals surface area contributed by atoms with Crippen LogP contribution in [0.2, 0.25) is 5.02 Å². The SMILES string of the molecule is COc1cc(CNCCCN(C)C)c(Br)cc1OCc1cccc(Cl)c1. The molecule has 0 saturated carbocycles. The lowest BCUT2D eigenvalue weighted by Gasteiger charge is -2.15. The van der Waals surface area contributed by atoms with Gasteiger partial charge in [-0.1, -0.05) is 39.7 Å². The quantitative estimate of drug-likeness (QED) is 0.540. The van der Waals surface area contributed by atoms with Gasteiger partial charge in [-0.05, 0) is 69.0 Å². The first-order chi connectivity index (χ1) is 12.5. The molecule has 0 spiro atoms. The van der Waals surface area contributed by atoms with E-state index in [9.17, 15) is 0 Å². The summed E-state index contributed by atoms with van der Waals surface area (Å²) in [6, 6.07) is 11.6. The first-order valence-corrected chi connectivity index (χ1v) is 9.76. The minimum Gasteiger partial charge on any atom is -0.493 e. The fourth-order valence-electron chi connectivity index (χ4n) is 2.52. The van der Waals surface area contributed by atoms with Gasteiger partial charge in [-0.3, -0.25) is 0 Å². The van der Waals surface area contributed by atoms with Crippen LogP contribution in [-0.4, -0.2) is 39.2 Å². The van der Waals surface area contributed by atoms with Crippen LogP contribution in [0.1, 0.15) is 17.5 Å². The lowest BCUT2D eigenvalue weighted by atomic mass is 10.2. The highest BCUT2D eigenvalue weighted by Gasteiger charge is 2.11. The number of rotatable bonds is 10. The minimum absolute atomic E-state index is 0.436. The van der Waals surface area contributed by atoms with E-state index in [1.54, 1.807) is 7.11 Å². The molecule has 2 rings (SSSR count). The van der Waals surface area contributed by atoms with Crippen molar-refractivity contribution in [2.45, 2.75) is 19.6 Å². The number of benzene rings is 2. The van der Waals surface area contributed by atoms with Crippen molar-refractivity contribution in [1.82, 2.24) is 10.2 Å². The number of methoxy groups -OCH3 is 1. The Hall–Kier alpha value is -1.27. The average molecular weight is 442 g/mol. The number of nitrogens with one attached hydrogen (secondary N) is 1. The smallest absolute Gasteiger partial charge is 0.162 e. The summed E-state index contributed by atoms with van der Waals surface area (Å²) >= 11 is 9.66. The number of nitrogens with zero attached hydrogens (tertiary/aromatic N) is 1. The Morgan fingerprint density at radius 1 is 1.15 bits per heavy atom. The maximum Gasteiger partial charge on any atom is 0.162 e. The number of halogens is 2. The molecule has 0 aromatic heterocycles. The Kier molecular flexibility index (Phi) is 8.72. The van der Waals surface area contributed by atoms with Gasteiger partial charge in [0.2, 0.25) is 0 Å². The zero-order chi connectivity index (χ0) is 18.9. The lowest BCUT2D eigenvalue weighted by Crippen LogP contribution is -2.21. The Morgan fingerprint density at radius 3 is 2.65 bits per heavy atom. The first kappa shape index (κ1) is 21.0. The topological polar surface area (TPSA) is 33.7 Å². The van der Waals surface area contributed by atoms with Crippen LogP contribution in [-0.2, 0) is 13.2 Å². The highest BCUT2D eigenvalue weighted by Crippen LogP contribution is 2.34. The van der Waals surface area contributed by atoms with Crippen LogP contribution in [0.3, 0.4) is 0 Å². The van der Waals surface area contributed by atoms with E-state index in [2.05, 4.69) is 40.2 Å². The standard InChI is InChI=1S/C20H26BrClN2O2/c1-24(2)9-5-8-23-13-16-11-19(25-3)20(12-18(16)21)26-14-15-6-4-7-17(22)10-15/h4,6-7,10-12,23H,5,8-9,13-14H2,1-3H3. The zero-order valence-corrected chi connectivity index (χ0v) is 17.9. The van der Waals surface area contributed by atoms with E-state index in [0.29, 0.717) is 17.4 Å². The van der Waals surface area contributed by atoms with Gasteiger partial charge < -0.3 is 19.7 Å². The fraction of sp³-hybridized carbons (Fsp3) is 0.400. The summed E-state index contributed by atoms with van der Waals surface area (Å²) in [5.41, 5.74) is 2.16. The van der Waals surface area contributed by atoms with Crippen molar-refractivity contribution in [3.05, 3.63) is 57.0 Å². The van der Waals surface area contributed by atoms with Crippen molar-refractivity contribution in [2.24, 2.45) is 0 Å². The van der Waals surface area contributed by atoms with Gasteiger partial charge >= 0.3 is 0 Å². The van der Waals surface area contributed by atoms with Crippen molar-refractivity contribution in [3.8, 4) is 11.5 Å². The van der Waals surface area contributed by atoms with Gasteiger partial charge in [-0.25, -0.2) is 0 Å². The molecular formula is C20H26BrClN2O2. The maximum absolute atomic E-state index is 6.02. The van der Waals surface area contributed by atoms with Crippen LogP contribution in [0.25, 0.3) is 0 Å². The molecule has 4 nitrogen and oxygen atoms in total. The average Bonchev–Trinajstić information content (AvgIpc) is 2.60. The minimum atomic E-state index is 0.436. The Morgan fingerprint density at radius 2 is 1.96 bits per heavy atom. The van der Waals surface area contributed by atoms with Crippen LogP contribution < -0.4 is 14.8 Å². The summed E-state index contributed by atoms with van der Waals surface area (Å²) < 4.78 is 12.4. The van der Waals surface area contributed by atoms with Gasteiger partial charge in [0.25, 0.3) is 0 Å². The van der Waals surface area contributed by atoms with Crippen molar-refractivity contribution in [2.75, 3.05) is 34.3 Å². The monoisotopic (exact) mass is 440 g/mol. The molecule has 0 unspecified atom stereocenters. The summed E-state index contributed by atoms with van der Waals surface area (Å²) in [7, 11) is 5.83. The molecule has 2 aromatic carbocycles. The highest BCUT2D eigenvalue weighted by atomic mass is 79.9. The molecule has 0 saturated heterocycles. The Balaban J connectivity index is 1.97. The van der Waals surface area contributed by atoms with Crippen LogP contribution in [0.5, 0.6) is 11.5 Å². The van der Waals surface area contributed by atoms with Gasteiger partial charge in [0, 0.05) is 16.0 Å². The fourth-order valence-corrected chi connectivity index (χ4v) is 3.19. The van der Waals surface area contributed by atoms with Gasteiger partial charge in [-0.15, -0.1) is 0 Å². The molecule has 0 atom stereocenters. The highest BCUT2D eigenvalue weighted by molar-refractivity contribution is 9.10. The summed E-state index contributed by atoms with van der Waals surface area (Å²) in [5.74, 6) is 1.43. The van der Waals surface area contributed by atoms with Gasteiger partial charge in [0.15, 0.2) is 11.5 Å². The zero-order valence-electron chi connectivity index (χ0n) is 15.5. The van der Waals surface area contributed by atoms with E-state index in [0.717, 1.165) is 47.4 Å². The summed E-state index contributed by atoms with van der Waals surface area (Å²) in [5, 5.41) is 4.17. The third-order valence-electron chi connectivity index (χ3n) is 3.89. The van der Waals surface area contributed by atoms with Crippen LogP contribution in [0.15, 0.2) is 40.9 Å². The summed E-state index contributed by atoms with van der Waals surface area (Å²) in [6.07, 6.45) is 1.11.